The van der Waals surface area contributed by atoms with Gasteiger partial charge in [-0.3, -0.25) is 0 Å². The van der Waals surface area contributed by atoms with E-state index < -0.39 is 10.1 Å². The summed E-state index contributed by atoms with van der Waals surface area (Å²) in [6, 6.07) is 11.5. The largest absolute Gasteiger partial charge is 0.508 e. The van der Waals surface area contributed by atoms with Gasteiger partial charge < -0.3 is 9.29 Å². The second-order valence-corrected chi connectivity index (χ2v) is 5.39. The van der Waals surface area contributed by atoms with E-state index >= 15 is 0 Å². The molecule has 0 saturated heterocycles. The molecular weight excluding hydrogens is 276 g/mol. The lowest BCUT2D eigenvalue weighted by Gasteiger charge is -2.08. The summed E-state index contributed by atoms with van der Waals surface area (Å²) in [5.74, 6) is -0.0585. The molecule has 0 spiro atoms. The molecule has 0 fully saturated rings. The minimum Gasteiger partial charge on any atom is -0.508 e. The molecule has 4 nitrogen and oxygen atoms in total. The van der Waals surface area contributed by atoms with Crippen molar-refractivity contribution in [3.63, 3.8) is 0 Å². The maximum Gasteiger partial charge on any atom is 0.340 e. The fourth-order valence-electron chi connectivity index (χ4n) is 1.35. The number of hydrogen-bond donors (Lipinski definition) is 1. The molecule has 0 aliphatic carbocycles. The zero-order valence-corrected chi connectivity index (χ0v) is 10.6. The number of phenolic OH excluding ortho intramolecular Hbond substituents is 1. The highest BCUT2D eigenvalue weighted by Gasteiger charge is 2.19. The van der Waals surface area contributed by atoms with E-state index in [4.69, 9.17) is 15.8 Å². The molecular formula is C12H9ClO4S. The molecule has 0 aliphatic heterocycles. The third-order valence-corrected chi connectivity index (χ3v) is 3.88. The summed E-state index contributed by atoms with van der Waals surface area (Å²) >= 11 is 5.80. The highest BCUT2D eigenvalue weighted by Crippen LogP contribution is 2.26. The van der Waals surface area contributed by atoms with Gasteiger partial charge in [0.15, 0.2) is 0 Å². The van der Waals surface area contributed by atoms with Gasteiger partial charge in [0.1, 0.15) is 16.4 Å². The topological polar surface area (TPSA) is 63.6 Å². The van der Waals surface area contributed by atoms with Crippen LogP contribution in [0.5, 0.6) is 11.5 Å². The summed E-state index contributed by atoms with van der Waals surface area (Å²) in [6.07, 6.45) is 0. The van der Waals surface area contributed by atoms with Gasteiger partial charge in [0, 0.05) is 6.07 Å². The van der Waals surface area contributed by atoms with Gasteiger partial charge in [-0.05, 0) is 24.3 Å². The third kappa shape index (κ3) is 2.75. The minimum absolute atomic E-state index is 0.0231. The van der Waals surface area contributed by atoms with Crippen LogP contribution >= 0.6 is 11.6 Å². The van der Waals surface area contributed by atoms with Gasteiger partial charge in [0.25, 0.3) is 0 Å². The molecule has 94 valence electrons. The summed E-state index contributed by atoms with van der Waals surface area (Å²) in [5, 5.41) is 9.32. The highest BCUT2D eigenvalue weighted by molar-refractivity contribution is 7.87. The van der Waals surface area contributed by atoms with Crippen LogP contribution in [0.25, 0.3) is 0 Å². The van der Waals surface area contributed by atoms with Crippen LogP contribution in [0.2, 0.25) is 5.02 Å². The van der Waals surface area contributed by atoms with E-state index in [9.17, 15) is 13.5 Å². The molecule has 0 amide bonds. The maximum absolute atomic E-state index is 11.9. The fourth-order valence-corrected chi connectivity index (χ4v) is 2.77. The predicted molar refractivity (Wildman–Crippen MR) is 67.4 cm³/mol. The average Bonchev–Trinajstić information content (AvgIpc) is 2.28. The quantitative estimate of drug-likeness (QED) is 0.880. The summed E-state index contributed by atoms with van der Waals surface area (Å²) in [5.41, 5.74) is 0. The van der Waals surface area contributed by atoms with Crippen molar-refractivity contribution >= 4 is 21.7 Å². The number of hydrogen-bond acceptors (Lipinski definition) is 4. The van der Waals surface area contributed by atoms with E-state index in [0.717, 1.165) is 0 Å². The number of rotatable bonds is 3. The Morgan fingerprint density at radius 3 is 2.44 bits per heavy atom. The highest BCUT2D eigenvalue weighted by atomic mass is 35.5. The molecule has 0 heterocycles. The molecule has 1 N–H and O–H groups in total. The zero-order chi connectivity index (χ0) is 13.2. The molecule has 6 heteroatoms. The molecule has 18 heavy (non-hydrogen) atoms. The number of halogens is 1. The molecule has 2 aromatic carbocycles. The molecule has 0 atom stereocenters. The molecule has 0 radical (unpaired) electrons. The van der Waals surface area contributed by atoms with Crippen LogP contribution in [0, 0.1) is 0 Å². The first-order valence-corrected chi connectivity index (χ1v) is 6.76. The van der Waals surface area contributed by atoms with Crippen molar-refractivity contribution in [2.45, 2.75) is 4.90 Å². The van der Waals surface area contributed by atoms with E-state index in [2.05, 4.69) is 0 Å². The second kappa shape index (κ2) is 4.88. The van der Waals surface area contributed by atoms with Crippen molar-refractivity contribution < 1.29 is 17.7 Å². The molecule has 0 bridgehead atoms. The summed E-state index contributed by atoms with van der Waals surface area (Å²) in [7, 11) is -4.00. The maximum atomic E-state index is 11.9. The van der Waals surface area contributed by atoms with E-state index in [0.29, 0.717) is 0 Å². The van der Waals surface area contributed by atoms with Crippen LogP contribution in [0.4, 0.5) is 0 Å². The van der Waals surface area contributed by atoms with Gasteiger partial charge in [-0.1, -0.05) is 29.8 Å². The zero-order valence-electron chi connectivity index (χ0n) is 9.08. The van der Waals surface area contributed by atoms with Crippen LogP contribution in [0.15, 0.2) is 53.4 Å². The lowest BCUT2D eigenvalue weighted by molar-refractivity contribution is 0.463. The van der Waals surface area contributed by atoms with Crippen LogP contribution in [0.1, 0.15) is 0 Å². The van der Waals surface area contributed by atoms with Gasteiger partial charge in [-0.25, -0.2) is 0 Å². The SMILES string of the molecule is O=S(=O)(Oc1cccc(O)c1)c1ccccc1Cl. The molecule has 0 unspecified atom stereocenters. The Balaban J connectivity index is 2.37. The Morgan fingerprint density at radius 2 is 1.78 bits per heavy atom. The predicted octanol–water partition coefficient (Wildman–Crippen LogP) is 2.81. The van der Waals surface area contributed by atoms with Gasteiger partial charge in [-0.15, -0.1) is 0 Å². The Morgan fingerprint density at radius 1 is 1.06 bits per heavy atom. The van der Waals surface area contributed by atoms with E-state index in [1.807, 2.05) is 0 Å². The monoisotopic (exact) mass is 284 g/mol. The first-order chi connectivity index (χ1) is 8.49. The van der Waals surface area contributed by atoms with Gasteiger partial charge in [-0.2, -0.15) is 8.42 Å². The standard InChI is InChI=1S/C12H9ClO4S/c13-11-6-1-2-7-12(11)18(15,16)17-10-5-3-4-9(14)8-10/h1-8,14H. The van der Waals surface area contributed by atoms with E-state index in [1.165, 1.54) is 36.4 Å². The Bertz CT molecular complexity index is 667. The lowest BCUT2D eigenvalue weighted by Crippen LogP contribution is -2.10. The normalized spacial score (nSPS) is 11.2. The summed E-state index contributed by atoms with van der Waals surface area (Å²) in [4.78, 5) is -0.116. The fraction of sp³-hybridized carbons (Fsp3) is 0. The lowest BCUT2D eigenvalue weighted by atomic mass is 10.3. The number of benzene rings is 2. The summed E-state index contributed by atoms with van der Waals surface area (Å²) < 4.78 is 28.8. The van der Waals surface area contributed by atoms with Crippen LogP contribution < -0.4 is 4.18 Å². The molecule has 0 aromatic heterocycles. The van der Waals surface area contributed by atoms with Crippen molar-refractivity contribution in [2.75, 3.05) is 0 Å². The molecule has 0 aliphatic rings. The summed E-state index contributed by atoms with van der Waals surface area (Å²) in [6.45, 7) is 0. The van der Waals surface area contributed by atoms with Gasteiger partial charge in [0.05, 0.1) is 5.02 Å². The Kier molecular flexibility index (Phi) is 3.45. The van der Waals surface area contributed by atoms with E-state index in [-0.39, 0.29) is 21.4 Å². The Labute approximate surface area is 110 Å². The van der Waals surface area contributed by atoms with Crippen molar-refractivity contribution in [1.82, 2.24) is 0 Å². The first kappa shape index (κ1) is 12.7. The second-order valence-electron chi connectivity index (χ2n) is 3.47. The number of aromatic hydroxyl groups is 1. The van der Waals surface area contributed by atoms with Crippen LogP contribution in [-0.2, 0) is 10.1 Å². The van der Waals surface area contributed by atoms with Crippen molar-refractivity contribution in [3.05, 3.63) is 53.6 Å². The molecule has 2 rings (SSSR count). The van der Waals surface area contributed by atoms with Crippen molar-refractivity contribution in [1.29, 1.82) is 0 Å². The van der Waals surface area contributed by atoms with E-state index in [1.54, 1.807) is 12.1 Å². The third-order valence-electron chi connectivity index (χ3n) is 2.13. The first-order valence-electron chi connectivity index (χ1n) is 4.97. The van der Waals surface area contributed by atoms with Crippen LogP contribution in [-0.4, -0.2) is 13.5 Å². The van der Waals surface area contributed by atoms with Gasteiger partial charge in [0.2, 0.25) is 0 Å². The number of phenols is 1. The Hall–Kier alpha value is -1.72. The van der Waals surface area contributed by atoms with Crippen molar-refractivity contribution in [2.24, 2.45) is 0 Å². The molecule has 0 saturated carbocycles. The van der Waals surface area contributed by atoms with Crippen LogP contribution in [0.3, 0.4) is 0 Å². The average molecular weight is 285 g/mol. The smallest absolute Gasteiger partial charge is 0.340 e. The van der Waals surface area contributed by atoms with Crippen molar-refractivity contribution in [3.8, 4) is 11.5 Å². The minimum atomic E-state index is -4.00. The van der Waals surface area contributed by atoms with Gasteiger partial charge >= 0.3 is 10.1 Å². The molecule has 2 aromatic rings.